The van der Waals surface area contributed by atoms with Gasteiger partial charge in [-0.25, -0.2) is 0 Å². The van der Waals surface area contributed by atoms with E-state index in [0.29, 0.717) is 26.2 Å². The third kappa shape index (κ3) is 3.42. The van der Waals surface area contributed by atoms with Gasteiger partial charge in [-0.15, -0.1) is 0 Å². The lowest BCUT2D eigenvalue weighted by Crippen LogP contribution is -2.41. The third-order valence-corrected chi connectivity index (χ3v) is 3.32. The molecular formula is C15H22N2O3. The average molecular weight is 278 g/mol. The molecule has 1 aromatic carbocycles. The second-order valence-corrected chi connectivity index (χ2v) is 5.07. The largest absolute Gasteiger partial charge is 0.486 e. The minimum Gasteiger partial charge on any atom is -0.486 e. The zero-order chi connectivity index (χ0) is 14.5. The van der Waals surface area contributed by atoms with E-state index in [-0.39, 0.29) is 5.91 Å². The molecule has 1 aromatic rings. The van der Waals surface area contributed by atoms with Crippen molar-refractivity contribution in [2.45, 2.75) is 32.4 Å². The molecule has 0 saturated heterocycles. The van der Waals surface area contributed by atoms with Crippen molar-refractivity contribution in [2.24, 2.45) is 5.73 Å². The average Bonchev–Trinajstić information content (AvgIpc) is 2.46. The number of nitrogens with two attached hydrogens (primary N) is 1. The Morgan fingerprint density at radius 3 is 2.75 bits per heavy atom. The molecular weight excluding hydrogens is 256 g/mol. The van der Waals surface area contributed by atoms with Gasteiger partial charge >= 0.3 is 0 Å². The summed E-state index contributed by atoms with van der Waals surface area (Å²) in [5, 5.41) is 0. The molecule has 1 atom stereocenters. The second-order valence-electron chi connectivity index (χ2n) is 5.07. The Labute approximate surface area is 119 Å². The van der Waals surface area contributed by atoms with E-state index in [2.05, 4.69) is 0 Å². The van der Waals surface area contributed by atoms with Crippen molar-refractivity contribution in [2.75, 3.05) is 20.3 Å². The van der Waals surface area contributed by atoms with Crippen molar-refractivity contribution < 1.29 is 14.3 Å². The molecule has 1 aliphatic heterocycles. The maximum Gasteiger partial charge on any atom is 0.239 e. The topological polar surface area (TPSA) is 64.8 Å². The molecule has 1 amide bonds. The SMILES string of the molecule is CCC[C@@H](N)C(=O)N(C)Cc1ccc2c(c1)OCCO2. The lowest BCUT2D eigenvalue weighted by Gasteiger charge is -2.23. The van der Waals surface area contributed by atoms with Crippen LogP contribution in [0.2, 0.25) is 0 Å². The summed E-state index contributed by atoms with van der Waals surface area (Å²) in [6.45, 7) is 3.68. The number of hydrogen-bond donors (Lipinski definition) is 1. The summed E-state index contributed by atoms with van der Waals surface area (Å²) >= 11 is 0. The standard InChI is InChI=1S/C15H22N2O3/c1-3-4-12(16)15(18)17(2)10-11-5-6-13-14(9-11)20-8-7-19-13/h5-6,9,12H,3-4,7-8,10,16H2,1-2H3/t12-/m1/s1. The molecule has 0 saturated carbocycles. The number of carbonyl (C=O) groups excluding carboxylic acids is 1. The van der Waals surface area contributed by atoms with E-state index in [9.17, 15) is 4.79 Å². The molecule has 5 nitrogen and oxygen atoms in total. The number of rotatable bonds is 5. The Hall–Kier alpha value is -1.75. The maximum absolute atomic E-state index is 12.1. The molecule has 0 unspecified atom stereocenters. The Bertz CT molecular complexity index is 476. The number of amides is 1. The fraction of sp³-hybridized carbons (Fsp3) is 0.533. The Morgan fingerprint density at radius 1 is 1.35 bits per heavy atom. The van der Waals surface area contributed by atoms with Crippen LogP contribution in [0.5, 0.6) is 11.5 Å². The molecule has 0 fully saturated rings. The maximum atomic E-state index is 12.1. The van der Waals surface area contributed by atoms with Gasteiger partial charge < -0.3 is 20.1 Å². The van der Waals surface area contributed by atoms with E-state index in [1.54, 1.807) is 11.9 Å². The number of benzene rings is 1. The van der Waals surface area contributed by atoms with Crippen LogP contribution < -0.4 is 15.2 Å². The van der Waals surface area contributed by atoms with Gasteiger partial charge in [0.15, 0.2) is 11.5 Å². The number of likely N-dealkylation sites (N-methyl/N-ethyl adjacent to an activating group) is 1. The molecule has 5 heteroatoms. The van der Waals surface area contributed by atoms with E-state index in [1.165, 1.54) is 0 Å². The minimum absolute atomic E-state index is 0.0262. The highest BCUT2D eigenvalue weighted by atomic mass is 16.6. The van der Waals surface area contributed by atoms with E-state index in [4.69, 9.17) is 15.2 Å². The van der Waals surface area contributed by atoms with Crippen molar-refractivity contribution in [3.05, 3.63) is 23.8 Å². The summed E-state index contributed by atoms with van der Waals surface area (Å²) in [5.41, 5.74) is 6.87. The fourth-order valence-electron chi connectivity index (χ4n) is 2.26. The van der Waals surface area contributed by atoms with Crippen molar-refractivity contribution >= 4 is 5.91 Å². The molecule has 2 rings (SSSR count). The van der Waals surface area contributed by atoms with Gasteiger partial charge in [-0.3, -0.25) is 4.79 Å². The van der Waals surface area contributed by atoms with Gasteiger partial charge in [0.25, 0.3) is 0 Å². The van der Waals surface area contributed by atoms with Gasteiger partial charge in [-0.1, -0.05) is 19.4 Å². The third-order valence-electron chi connectivity index (χ3n) is 3.32. The van der Waals surface area contributed by atoms with E-state index in [1.807, 2.05) is 25.1 Å². The molecule has 1 heterocycles. The minimum atomic E-state index is -0.415. The molecule has 0 spiro atoms. The predicted molar refractivity (Wildman–Crippen MR) is 76.8 cm³/mol. The molecule has 0 aromatic heterocycles. The molecule has 110 valence electrons. The summed E-state index contributed by atoms with van der Waals surface area (Å²) in [6.07, 6.45) is 1.62. The van der Waals surface area contributed by atoms with Crippen LogP contribution in [0.3, 0.4) is 0 Å². The first-order valence-corrected chi connectivity index (χ1v) is 7.01. The first-order chi connectivity index (χ1) is 9.61. The van der Waals surface area contributed by atoms with Crippen molar-refractivity contribution in [3.63, 3.8) is 0 Å². The van der Waals surface area contributed by atoms with Crippen LogP contribution in [-0.2, 0) is 11.3 Å². The smallest absolute Gasteiger partial charge is 0.239 e. The Morgan fingerprint density at radius 2 is 2.05 bits per heavy atom. The zero-order valence-electron chi connectivity index (χ0n) is 12.1. The number of hydrogen-bond acceptors (Lipinski definition) is 4. The number of fused-ring (bicyclic) bond motifs is 1. The van der Waals surface area contributed by atoms with Gasteiger partial charge in [0.2, 0.25) is 5.91 Å². The first kappa shape index (κ1) is 14.7. The summed E-state index contributed by atoms with van der Waals surface area (Å²) < 4.78 is 11.0. The van der Waals surface area contributed by atoms with Gasteiger partial charge in [-0.2, -0.15) is 0 Å². The Kier molecular flexibility index (Phi) is 4.84. The van der Waals surface area contributed by atoms with Crippen molar-refractivity contribution in [3.8, 4) is 11.5 Å². The highest BCUT2D eigenvalue weighted by Gasteiger charge is 2.18. The summed E-state index contributed by atoms with van der Waals surface area (Å²) in [6, 6.07) is 5.34. The van der Waals surface area contributed by atoms with Crippen molar-refractivity contribution in [1.29, 1.82) is 0 Å². The van der Waals surface area contributed by atoms with Crippen LogP contribution in [-0.4, -0.2) is 37.1 Å². The zero-order valence-corrected chi connectivity index (χ0v) is 12.1. The van der Waals surface area contributed by atoms with Crippen LogP contribution in [0, 0.1) is 0 Å². The van der Waals surface area contributed by atoms with Crippen LogP contribution >= 0.6 is 0 Å². The van der Waals surface area contributed by atoms with Crippen LogP contribution in [0.4, 0.5) is 0 Å². The highest BCUT2D eigenvalue weighted by Crippen LogP contribution is 2.31. The van der Waals surface area contributed by atoms with Gasteiger partial charge in [0.1, 0.15) is 13.2 Å². The molecule has 0 aliphatic carbocycles. The number of carbonyl (C=O) groups is 1. The highest BCUT2D eigenvalue weighted by molar-refractivity contribution is 5.81. The molecule has 2 N–H and O–H groups in total. The summed E-state index contributed by atoms with van der Waals surface area (Å²) in [5.74, 6) is 1.48. The second kappa shape index (κ2) is 6.61. The van der Waals surface area contributed by atoms with Gasteiger partial charge in [0, 0.05) is 13.6 Å². The van der Waals surface area contributed by atoms with E-state index >= 15 is 0 Å². The quantitative estimate of drug-likeness (QED) is 0.887. The first-order valence-electron chi connectivity index (χ1n) is 7.01. The molecule has 1 aliphatic rings. The molecule has 0 bridgehead atoms. The van der Waals surface area contributed by atoms with Gasteiger partial charge in [-0.05, 0) is 24.1 Å². The van der Waals surface area contributed by atoms with E-state index in [0.717, 1.165) is 23.5 Å². The number of nitrogens with zero attached hydrogens (tertiary/aromatic N) is 1. The van der Waals surface area contributed by atoms with E-state index < -0.39 is 6.04 Å². The predicted octanol–water partition coefficient (Wildman–Crippen LogP) is 1.54. The van der Waals surface area contributed by atoms with Crippen LogP contribution in [0.1, 0.15) is 25.3 Å². The van der Waals surface area contributed by atoms with Crippen LogP contribution in [0.25, 0.3) is 0 Å². The van der Waals surface area contributed by atoms with Crippen molar-refractivity contribution in [1.82, 2.24) is 4.90 Å². The fourth-order valence-corrected chi connectivity index (χ4v) is 2.26. The lowest BCUT2D eigenvalue weighted by atomic mass is 10.1. The van der Waals surface area contributed by atoms with Crippen LogP contribution in [0.15, 0.2) is 18.2 Å². The Balaban J connectivity index is 2.00. The summed E-state index contributed by atoms with van der Waals surface area (Å²) in [7, 11) is 1.77. The van der Waals surface area contributed by atoms with Gasteiger partial charge in [0.05, 0.1) is 6.04 Å². The molecule has 0 radical (unpaired) electrons. The number of ether oxygens (including phenoxy) is 2. The summed E-state index contributed by atoms with van der Waals surface area (Å²) in [4.78, 5) is 13.7. The lowest BCUT2D eigenvalue weighted by molar-refractivity contribution is -0.132. The monoisotopic (exact) mass is 278 g/mol. The normalized spacial score (nSPS) is 14.8. The molecule has 20 heavy (non-hydrogen) atoms.